The van der Waals surface area contributed by atoms with Crippen molar-refractivity contribution in [1.82, 2.24) is 0 Å². The summed E-state index contributed by atoms with van der Waals surface area (Å²) in [7, 11) is 2.11. The molecule has 0 N–H and O–H groups in total. The van der Waals surface area contributed by atoms with Gasteiger partial charge in [0.15, 0.2) is 12.4 Å². The molecule has 2 aromatic rings. The molecule has 3 rings (SSSR count). The average Bonchev–Trinajstić information content (AvgIpc) is 2.40. The standard InChI is InChI=1S/C17H20N.HI/c1-18-11-10-17-15(8-5-9-16(17)13-18)12-14-6-3-2-4-7-14;/h2-4,6-7,10-11,13,15H,5,8-9,12H2,1H3;1H/q+1;/p-1. The van der Waals surface area contributed by atoms with Gasteiger partial charge in [0.1, 0.15) is 7.05 Å². The Bertz CT molecular complexity index is 536. The van der Waals surface area contributed by atoms with Crippen molar-refractivity contribution in [3.05, 3.63) is 65.5 Å². The van der Waals surface area contributed by atoms with Gasteiger partial charge in [0.2, 0.25) is 0 Å². The lowest BCUT2D eigenvalue weighted by Gasteiger charge is -2.24. The number of halogens is 1. The minimum atomic E-state index is 0. The van der Waals surface area contributed by atoms with Gasteiger partial charge in [0.05, 0.1) is 0 Å². The highest BCUT2D eigenvalue weighted by molar-refractivity contribution is 5.30. The number of pyridine rings is 1. The maximum absolute atomic E-state index is 2.32. The van der Waals surface area contributed by atoms with Crippen molar-refractivity contribution in [2.24, 2.45) is 7.05 Å². The summed E-state index contributed by atoms with van der Waals surface area (Å²) in [6, 6.07) is 13.2. The van der Waals surface area contributed by atoms with Gasteiger partial charge in [-0.25, -0.2) is 4.57 Å². The highest BCUT2D eigenvalue weighted by atomic mass is 127. The molecule has 1 heterocycles. The van der Waals surface area contributed by atoms with Crippen LogP contribution in [0, 0.1) is 0 Å². The molecule has 0 spiro atoms. The molecule has 1 aromatic carbocycles. The first-order chi connectivity index (χ1) is 8.83. The topological polar surface area (TPSA) is 3.88 Å². The highest BCUT2D eigenvalue weighted by Crippen LogP contribution is 2.33. The zero-order chi connectivity index (χ0) is 12.4. The first-order valence-corrected chi connectivity index (χ1v) is 6.85. The Kier molecular flexibility index (Phi) is 4.97. The second-order valence-corrected chi connectivity index (χ2v) is 5.37. The number of hydrogen-bond donors (Lipinski definition) is 0. The number of rotatable bonds is 2. The molecule has 1 atom stereocenters. The smallest absolute Gasteiger partial charge is 0.171 e. The minimum absolute atomic E-state index is 0. The Morgan fingerprint density at radius 3 is 2.74 bits per heavy atom. The van der Waals surface area contributed by atoms with E-state index >= 15 is 0 Å². The SMILES string of the molecule is C[n+]1ccc2c(c1)CCCC2Cc1ccccc1.[I-]. The zero-order valence-corrected chi connectivity index (χ0v) is 13.5. The third-order valence-electron chi connectivity index (χ3n) is 3.98. The Morgan fingerprint density at radius 2 is 1.95 bits per heavy atom. The number of nitrogens with zero attached hydrogens (tertiary/aromatic N) is 1. The molecule has 1 nitrogen and oxygen atoms in total. The van der Waals surface area contributed by atoms with Gasteiger partial charge < -0.3 is 24.0 Å². The van der Waals surface area contributed by atoms with Crippen LogP contribution in [0.4, 0.5) is 0 Å². The molecule has 0 bridgehead atoms. The van der Waals surface area contributed by atoms with E-state index in [0.717, 1.165) is 0 Å². The average molecular weight is 365 g/mol. The van der Waals surface area contributed by atoms with Crippen LogP contribution < -0.4 is 28.5 Å². The Morgan fingerprint density at radius 1 is 1.16 bits per heavy atom. The van der Waals surface area contributed by atoms with Crippen LogP contribution in [0.5, 0.6) is 0 Å². The number of fused-ring (bicyclic) bond motifs is 1. The van der Waals surface area contributed by atoms with E-state index in [4.69, 9.17) is 0 Å². The third-order valence-corrected chi connectivity index (χ3v) is 3.98. The van der Waals surface area contributed by atoms with Gasteiger partial charge in [-0.15, -0.1) is 0 Å². The zero-order valence-electron chi connectivity index (χ0n) is 11.3. The van der Waals surface area contributed by atoms with Crippen LogP contribution in [-0.2, 0) is 19.9 Å². The largest absolute Gasteiger partial charge is 1.00 e. The predicted molar refractivity (Wildman–Crippen MR) is 73.4 cm³/mol. The van der Waals surface area contributed by atoms with Crippen LogP contribution in [0.2, 0.25) is 0 Å². The number of benzene rings is 1. The molecule has 0 saturated heterocycles. The van der Waals surface area contributed by atoms with E-state index in [0.29, 0.717) is 5.92 Å². The molecule has 1 aliphatic rings. The van der Waals surface area contributed by atoms with Crippen LogP contribution >= 0.6 is 0 Å². The fraction of sp³-hybridized carbons (Fsp3) is 0.353. The lowest BCUT2D eigenvalue weighted by atomic mass is 9.80. The second kappa shape index (κ2) is 6.51. The minimum Gasteiger partial charge on any atom is -1.00 e. The van der Waals surface area contributed by atoms with Crippen LogP contribution in [0.3, 0.4) is 0 Å². The lowest BCUT2D eigenvalue weighted by Crippen LogP contribution is -3.00. The molecule has 0 fully saturated rings. The summed E-state index contributed by atoms with van der Waals surface area (Å²) < 4.78 is 2.17. The first kappa shape index (κ1) is 14.5. The summed E-state index contributed by atoms with van der Waals surface area (Å²) in [4.78, 5) is 0. The van der Waals surface area contributed by atoms with Crippen LogP contribution in [0.15, 0.2) is 48.8 Å². The van der Waals surface area contributed by atoms with Crippen molar-refractivity contribution in [2.75, 3.05) is 0 Å². The molecule has 0 aliphatic heterocycles. The molecule has 0 amide bonds. The Hall–Kier alpha value is -0.900. The summed E-state index contributed by atoms with van der Waals surface area (Å²) >= 11 is 0. The van der Waals surface area contributed by atoms with E-state index in [1.165, 1.54) is 31.2 Å². The predicted octanol–water partition coefficient (Wildman–Crippen LogP) is 0.178. The molecular formula is C17H20IN. The van der Waals surface area contributed by atoms with Gasteiger partial charge in [-0.3, -0.25) is 0 Å². The maximum Gasteiger partial charge on any atom is 0.171 e. The van der Waals surface area contributed by atoms with Gasteiger partial charge in [-0.1, -0.05) is 30.3 Å². The summed E-state index contributed by atoms with van der Waals surface area (Å²) in [6.45, 7) is 0. The van der Waals surface area contributed by atoms with Crippen molar-refractivity contribution in [3.63, 3.8) is 0 Å². The van der Waals surface area contributed by atoms with Crippen molar-refractivity contribution >= 4 is 0 Å². The Balaban J connectivity index is 0.00000133. The van der Waals surface area contributed by atoms with E-state index in [9.17, 15) is 0 Å². The van der Waals surface area contributed by atoms with Gasteiger partial charge in [-0.05, 0) is 42.7 Å². The van der Waals surface area contributed by atoms with Crippen LogP contribution in [0.1, 0.15) is 35.4 Å². The molecule has 1 aliphatic carbocycles. The molecule has 0 saturated carbocycles. The number of aryl methyl sites for hydroxylation is 2. The van der Waals surface area contributed by atoms with E-state index in [2.05, 4.69) is 60.4 Å². The summed E-state index contributed by atoms with van der Waals surface area (Å²) in [6.07, 6.45) is 9.57. The number of hydrogen-bond acceptors (Lipinski definition) is 0. The monoisotopic (exact) mass is 365 g/mol. The van der Waals surface area contributed by atoms with Crippen LogP contribution in [0.25, 0.3) is 0 Å². The Labute approximate surface area is 132 Å². The first-order valence-electron chi connectivity index (χ1n) is 6.85. The fourth-order valence-corrected chi connectivity index (χ4v) is 3.08. The summed E-state index contributed by atoms with van der Waals surface area (Å²) in [5.74, 6) is 0.706. The maximum atomic E-state index is 2.32. The molecule has 1 aromatic heterocycles. The van der Waals surface area contributed by atoms with Crippen molar-refractivity contribution < 1.29 is 28.5 Å². The molecule has 100 valence electrons. The van der Waals surface area contributed by atoms with Gasteiger partial charge in [0.25, 0.3) is 0 Å². The van der Waals surface area contributed by atoms with Crippen molar-refractivity contribution in [1.29, 1.82) is 0 Å². The van der Waals surface area contributed by atoms with E-state index in [1.807, 2.05) is 0 Å². The van der Waals surface area contributed by atoms with E-state index in [-0.39, 0.29) is 24.0 Å². The molecule has 0 radical (unpaired) electrons. The lowest BCUT2D eigenvalue weighted by molar-refractivity contribution is -0.672. The summed E-state index contributed by atoms with van der Waals surface area (Å²) in [5.41, 5.74) is 4.58. The number of aromatic nitrogens is 1. The van der Waals surface area contributed by atoms with Crippen molar-refractivity contribution in [3.8, 4) is 0 Å². The normalized spacial score (nSPS) is 17.4. The molecule has 19 heavy (non-hydrogen) atoms. The van der Waals surface area contributed by atoms with Crippen molar-refractivity contribution in [2.45, 2.75) is 31.6 Å². The van der Waals surface area contributed by atoms with Gasteiger partial charge in [0, 0.05) is 11.6 Å². The highest BCUT2D eigenvalue weighted by Gasteiger charge is 2.22. The third kappa shape index (κ3) is 3.35. The molecule has 1 unspecified atom stereocenters. The van der Waals surface area contributed by atoms with E-state index < -0.39 is 0 Å². The fourth-order valence-electron chi connectivity index (χ4n) is 3.08. The van der Waals surface area contributed by atoms with E-state index in [1.54, 1.807) is 11.1 Å². The molecular weight excluding hydrogens is 345 g/mol. The molecule has 2 heteroatoms. The van der Waals surface area contributed by atoms with Crippen LogP contribution in [-0.4, -0.2) is 0 Å². The van der Waals surface area contributed by atoms with Gasteiger partial charge >= 0.3 is 0 Å². The van der Waals surface area contributed by atoms with Gasteiger partial charge in [-0.2, -0.15) is 0 Å². The summed E-state index contributed by atoms with van der Waals surface area (Å²) in [5, 5.41) is 0. The quantitative estimate of drug-likeness (QED) is 0.528. The second-order valence-electron chi connectivity index (χ2n) is 5.37.